The Bertz CT molecular complexity index is 1090. The van der Waals surface area contributed by atoms with E-state index in [1.165, 1.54) is 0 Å². The SMILES string of the molecule is Cc1ccc(NC(=O)COC(=O)CCC(=O)Nc2cccc3ccccc23)c(C)c1. The summed E-state index contributed by atoms with van der Waals surface area (Å²) >= 11 is 0. The third-order valence-corrected chi connectivity index (χ3v) is 4.64. The lowest BCUT2D eigenvalue weighted by Gasteiger charge is -2.10. The Balaban J connectivity index is 1.44. The summed E-state index contributed by atoms with van der Waals surface area (Å²) in [5.41, 5.74) is 3.40. The number of hydrogen-bond acceptors (Lipinski definition) is 4. The van der Waals surface area contributed by atoms with E-state index in [1.54, 1.807) is 0 Å². The number of ether oxygens (including phenoxy) is 1. The predicted molar refractivity (Wildman–Crippen MR) is 117 cm³/mol. The van der Waals surface area contributed by atoms with Gasteiger partial charge in [0.2, 0.25) is 5.91 Å². The highest BCUT2D eigenvalue weighted by Crippen LogP contribution is 2.23. The number of benzene rings is 3. The Morgan fingerprint density at radius 3 is 2.33 bits per heavy atom. The lowest BCUT2D eigenvalue weighted by Crippen LogP contribution is -2.22. The Kier molecular flexibility index (Phi) is 6.80. The van der Waals surface area contributed by atoms with Crippen molar-refractivity contribution in [1.29, 1.82) is 0 Å². The summed E-state index contributed by atoms with van der Waals surface area (Å²) in [5, 5.41) is 7.48. The van der Waals surface area contributed by atoms with Crippen molar-refractivity contribution in [2.24, 2.45) is 0 Å². The van der Waals surface area contributed by atoms with Crippen LogP contribution < -0.4 is 10.6 Å². The van der Waals surface area contributed by atoms with E-state index in [0.29, 0.717) is 11.4 Å². The summed E-state index contributed by atoms with van der Waals surface area (Å²) in [4.78, 5) is 36.1. The molecule has 6 heteroatoms. The Labute approximate surface area is 175 Å². The predicted octanol–water partition coefficient (Wildman–Crippen LogP) is 4.36. The highest BCUT2D eigenvalue weighted by Gasteiger charge is 2.12. The Hall–Kier alpha value is -3.67. The van der Waals surface area contributed by atoms with Gasteiger partial charge in [-0.05, 0) is 36.9 Å². The minimum Gasteiger partial charge on any atom is -0.456 e. The number of esters is 1. The summed E-state index contributed by atoms with van der Waals surface area (Å²) in [5.74, 6) is -1.31. The molecule has 3 rings (SSSR count). The minimum atomic E-state index is -0.598. The van der Waals surface area contributed by atoms with E-state index in [0.717, 1.165) is 21.9 Å². The molecule has 3 aromatic carbocycles. The summed E-state index contributed by atoms with van der Waals surface area (Å²) < 4.78 is 4.98. The van der Waals surface area contributed by atoms with Crippen LogP contribution >= 0.6 is 0 Å². The van der Waals surface area contributed by atoms with Gasteiger partial charge in [0.15, 0.2) is 6.61 Å². The number of carbonyl (C=O) groups excluding carboxylic acids is 3. The van der Waals surface area contributed by atoms with E-state index in [-0.39, 0.29) is 18.7 Å². The molecule has 0 bridgehead atoms. The molecule has 0 aliphatic carbocycles. The topological polar surface area (TPSA) is 84.5 Å². The monoisotopic (exact) mass is 404 g/mol. The average Bonchev–Trinajstić information content (AvgIpc) is 2.73. The fourth-order valence-corrected chi connectivity index (χ4v) is 3.12. The maximum atomic E-state index is 12.2. The zero-order chi connectivity index (χ0) is 21.5. The number of amides is 2. The van der Waals surface area contributed by atoms with Crippen LogP contribution in [-0.4, -0.2) is 24.4 Å². The molecule has 0 aliphatic heterocycles. The molecule has 3 aromatic rings. The molecule has 0 saturated heterocycles. The fraction of sp³-hybridized carbons (Fsp3) is 0.208. The van der Waals surface area contributed by atoms with Crippen molar-refractivity contribution in [3.63, 3.8) is 0 Å². The van der Waals surface area contributed by atoms with Crippen LogP contribution in [0.15, 0.2) is 60.7 Å². The molecule has 0 spiro atoms. The summed E-state index contributed by atoms with van der Waals surface area (Å²) in [7, 11) is 0. The van der Waals surface area contributed by atoms with Crippen LogP contribution in [0.25, 0.3) is 10.8 Å². The average molecular weight is 404 g/mol. The van der Waals surface area contributed by atoms with Crippen LogP contribution in [0.2, 0.25) is 0 Å². The first-order valence-electron chi connectivity index (χ1n) is 9.73. The standard InChI is InChI=1S/C24H24N2O4/c1-16-10-11-20(17(2)14-16)25-23(28)15-30-24(29)13-12-22(27)26-21-9-5-7-18-6-3-4-8-19(18)21/h3-11,14H,12-13,15H2,1-2H3,(H,25,28)(H,26,27). The van der Waals surface area contributed by atoms with Crippen LogP contribution in [0.1, 0.15) is 24.0 Å². The Morgan fingerprint density at radius 2 is 1.53 bits per heavy atom. The number of aryl methyl sites for hydroxylation is 2. The third-order valence-electron chi connectivity index (χ3n) is 4.64. The van der Waals surface area contributed by atoms with Gasteiger partial charge in [-0.3, -0.25) is 14.4 Å². The van der Waals surface area contributed by atoms with E-state index in [9.17, 15) is 14.4 Å². The number of anilines is 2. The fourth-order valence-electron chi connectivity index (χ4n) is 3.12. The van der Waals surface area contributed by atoms with Gasteiger partial charge in [0.25, 0.3) is 5.91 Å². The summed E-state index contributed by atoms with van der Waals surface area (Å²) in [6.45, 7) is 3.47. The molecule has 0 radical (unpaired) electrons. The number of hydrogen-bond donors (Lipinski definition) is 2. The number of carbonyl (C=O) groups is 3. The van der Waals surface area contributed by atoms with Crippen molar-refractivity contribution in [3.8, 4) is 0 Å². The largest absolute Gasteiger partial charge is 0.456 e. The Morgan fingerprint density at radius 1 is 0.800 bits per heavy atom. The zero-order valence-corrected chi connectivity index (χ0v) is 17.0. The second-order valence-corrected chi connectivity index (χ2v) is 7.10. The maximum absolute atomic E-state index is 12.2. The highest BCUT2D eigenvalue weighted by atomic mass is 16.5. The first kappa shape index (κ1) is 21.0. The molecular formula is C24H24N2O4. The van der Waals surface area contributed by atoms with Gasteiger partial charge in [-0.25, -0.2) is 0 Å². The van der Waals surface area contributed by atoms with E-state index in [2.05, 4.69) is 10.6 Å². The van der Waals surface area contributed by atoms with Crippen molar-refractivity contribution in [1.82, 2.24) is 0 Å². The van der Waals surface area contributed by atoms with Gasteiger partial charge >= 0.3 is 5.97 Å². The van der Waals surface area contributed by atoms with Gasteiger partial charge in [0.1, 0.15) is 0 Å². The smallest absolute Gasteiger partial charge is 0.306 e. The quantitative estimate of drug-likeness (QED) is 0.573. The van der Waals surface area contributed by atoms with Crippen molar-refractivity contribution >= 4 is 39.9 Å². The molecular weight excluding hydrogens is 380 g/mol. The molecule has 6 nitrogen and oxygen atoms in total. The number of fused-ring (bicyclic) bond motifs is 1. The molecule has 0 aromatic heterocycles. The second-order valence-electron chi connectivity index (χ2n) is 7.10. The van der Waals surface area contributed by atoms with Gasteiger partial charge < -0.3 is 15.4 Å². The van der Waals surface area contributed by atoms with Crippen molar-refractivity contribution < 1.29 is 19.1 Å². The lowest BCUT2D eigenvalue weighted by molar-refractivity contribution is -0.147. The molecule has 0 heterocycles. The molecule has 0 fully saturated rings. The van der Waals surface area contributed by atoms with Crippen LogP contribution in [0.3, 0.4) is 0 Å². The van der Waals surface area contributed by atoms with Crippen LogP contribution in [0.5, 0.6) is 0 Å². The molecule has 0 unspecified atom stereocenters. The lowest BCUT2D eigenvalue weighted by atomic mass is 10.1. The minimum absolute atomic E-state index is 0.0270. The first-order valence-corrected chi connectivity index (χ1v) is 9.73. The van der Waals surface area contributed by atoms with Crippen LogP contribution in [0.4, 0.5) is 11.4 Å². The summed E-state index contributed by atoms with van der Waals surface area (Å²) in [6.07, 6.45) is -0.131. The zero-order valence-electron chi connectivity index (χ0n) is 17.0. The second kappa shape index (κ2) is 9.69. The van der Waals surface area contributed by atoms with E-state index in [1.807, 2.05) is 74.5 Å². The molecule has 2 amide bonds. The van der Waals surface area contributed by atoms with Crippen molar-refractivity contribution in [2.75, 3.05) is 17.2 Å². The maximum Gasteiger partial charge on any atom is 0.306 e. The molecule has 154 valence electrons. The van der Waals surface area contributed by atoms with Gasteiger partial charge in [-0.2, -0.15) is 0 Å². The van der Waals surface area contributed by atoms with E-state index >= 15 is 0 Å². The van der Waals surface area contributed by atoms with Crippen LogP contribution in [0, 0.1) is 13.8 Å². The van der Waals surface area contributed by atoms with Gasteiger partial charge in [-0.15, -0.1) is 0 Å². The molecule has 0 atom stereocenters. The van der Waals surface area contributed by atoms with Gasteiger partial charge in [0, 0.05) is 23.2 Å². The van der Waals surface area contributed by atoms with Crippen molar-refractivity contribution in [2.45, 2.75) is 26.7 Å². The van der Waals surface area contributed by atoms with Crippen LogP contribution in [-0.2, 0) is 19.1 Å². The molecule has 2 N–H and O–H groups in total. The summed E-state index contributed by atoms with van der Waals surface area (Å²) in [6, 6.07) is 19.0. The molecule has 0 saturated carbocycles. The first-order chi connectivity index (χ1) is 14.4. The molecule has 0 aliphatic rings. The number of rotatable bonds is 7. The van der Waals surface area contributed by atoms with Gasteiger partial charge in [0.05, 0.1) is 6.42 Å². The highest BCUT2D eigenvalue weighted by molar-refractivity contribution is 6.02. The van der Waals surface area contributed by atoms with E-state index in [4.69, 9.17) is 4.74 Å². The normalized spacial score (nSPS) is 10.5. The van der Waals surface area contributed by atoms with Gasteiger partial charge in [-0.1, -0.05) is 54.1 Å². The van der Waals surface area contributed by atoms with Crippen molar-refractivity contribution in [3.05, 3.63) is 71.8 Å². The number of nitrogens with one attached hydrogen (secondary N) is 2. The van der Waals surface area contributed by atoms with E-state index < -0.39 is 18.5 Å². The molecule has 30 heavy (non-hydrogen) atoms. The third kappa shape index (κ3) is 5.67.